The van der Waals surface area contributed by atoms with Gasteiger partial charge >= 0.3 is 0 Å². The van der Waals surface area contributed by atoms with E-state index in [1.54, 1.807) is 12.3 Å². The molecule has 9 nitrogen and oxygen atoms in total. The molecule has 0 radical (unpaired) electrons. The largest absolute Gasteiger partial charge is 0.378 e. The van der Waals surface area contributed by atoms with Gasteiger partial charge < -0.3 is 20.3 Å². The average molecular weight is 507 g/mol. The zero-order valence-corrected chi connectivity index (χ0v) is 20.3. The quantitative estimate of drug-likeness (QED) is 0.341. The monoisotopic (exact) mass is 506 g/mol. The predicted molar refractivity (Wildman–Crippen MR) is 140 cm³/mol. The average Bonchev–Trinajstić information content (AvgIpc) is 3.55. The zero-order valence-electron chi connectivity index (χ0n) is 18.7. The van der Waals surface area contributed by atoms with Crippen LogP contribution in [0.5, 0.6) is 0 Å². The smallest absolute Gasteiger partial charge is 0.258 e. The van der Waals surface area contributed by atoms with Gasteiger partial charge in [0.05, 0.1) is 28.8 Å². The third kappa shape index (κ3) is 4.01. The highest BCUT2D eigenvalue weighted by molar-refractivity contribution is 7.24. The summed E-state index contributed by atoms with van der Waals surface area (Å²) in [5.74, 6) is 0.411. The van der Waals surface area contributed by atoms with Crippen molar-refractivity contribution in [3.63, 3.8) is 0 Å². The van der Waals surface area contributed by atoms with Crippen molar-refractivity contribution in [1.29, 1.82) is 0 Å². The van der Waals surface area contributed by atoms with Gasteiger partial charge in [0.15, 0.2) is 10.8 Å². The lowest BCUT2D eigenvalue weighted by Crippen LogP contribution is -2.37. The number of hydrogen-bond donors (Lipinski definition) is 2. The van der Waals surface area contributed by atoms with E-state index in [9.17, 15) is 9.59 Å². The standard InChI is InChI=1S/C24H22N6O3S2/c31-20-15-5-6-18(29-10-12-33-13-11-29)28-21(15)30-16-3-1-2-4-17(16)35-23(30)19(20)22(32)25-7-8-26-24-27-9-14-34-24/h1-6,9,14H,7-8,10-13H2,(H,25,32)(H,26,27). The van der Waals surface area contributed by atoms with Crippen molar-refractivity contribution in [2.75, 3.05) is 49.6 Å². The van der Waals surface area contributed by atoms with Crippen LogP contribution in [0.15, 0.2) is 52.8 Å². The van der Waals surface area contributed by atoms with Crippen molar-refractivity contribution in [1.82, 2.24) is 19.7 Å². The molecule has 0 unspecified atom stereocenters. The molecule has 1 aromatic carbocycles. The number of fused-ring (bicyclic) bond motifs is 5. The van der Waals surface area contributed by atoms with Crippen LogP contribution in [0.1, 0.15) is 10.4 Å². The summed E-state index contributed by atoms with van der Waals surface area (Å²) >= 11 is 2.92. The maximum atomic E-state index is 13.6. The number of hydrogen-bond acceptors (Lipinski definition) is 9. The second-order valence-electron chi connectivity index (χ2n) is 8.07. The van der Waals surface area contributed by atoms with E-state index in [1.807, 2.05) is 40.1 Å². The van der Waals surface area contributed by atoms with Gasteiger partial charge in [-0.1, -0.05) is 12.1 Å². The Balaban J connectivity index is 1.43. The lowest BCUT2D eigenvalue weighted by atomic mass is 10.1. The maximum absolute atomic E-state index is 13.6. The summed E-state index contributed by atoms with van der Waals surface area (Å²) in [5.41, 5.74) is 1.32. The van der Waals surface area contributed by atoms with Gasteiger partial charge in [0, 0.05) is 37.8 Å². The van der Waals surface area contributed by atoms with E-state index in [1.165, 1.54) is 22.7 Å². The number of benzene rings is 1. The lowest BCUT2D eigenvalue weighted by Gasteiger charge is -2.27. The van der Waals surface area contributed by atoms with E-state index >= 15 is 0 Å². The molecule has 35 heavy (non-hydrogen) atoms. The van der Waals surface area contributed by atoms with Crippen LogP contribution in [0.25, 0.3) is 26.1 Å². The highest BCUT2D eigenvalue weighted by atomic mass is 32.1. The SMILES string of the molecule is O=C(NCCNc1nccs1)c1c(=O)c2ccc(N3CCOCC3)nc2n2c1sc1ccccc12. The first-order valence-electron chi connectivity index (χ1n) is 11.3. The fraction of sp³-hybridized carbons (Fsp3) is 0.250. The summed E-state index contributed by atoms with van der Waals surface area (Å²) in [6, 6.07) is 11.5. The van der Waals surface area contributed by atoms with E-state index in [0.29, 0.717) is 42.2 Å². The Bertz CT molecular complexity index is 1590. The molecule has 1 fully saturated rings. The lowest BCUT2D eigenvalue weighted by molar-refractivity contribution is 0.0956. The molecule has 0 atom stereocenters. The van der Waals surface area contributed by atoms with Crippen LogP contribution in [0.3, 0.4) is 0 Å². The normalized spacial score (nSPS) is 14.1. The summed E-state index contributed by atoms with van der Waals surface area (Å²) in [6.45, 7) is 3.65. The van der Waals surface area contributed by atoms with Crippen molar-refractivity contribution in [2.24, 2.45) is 0 Å². The van der Waals surface area contributed by atoms with Gasteiger partial charge in [0.1, 0.15) is 16.2 Å². The number of amides is 1. The van der Waals surface area contributed by atoms with E-state index in [4.69, 9.17) is 9.72 Å². The highest BCUT2D eigenvalue weighted by Crippen LogP contribution is 2.31. The van der Waals surface area contributed by atoms with Crippen LogP contribution in [0.4, 0.5) is 10.9 Å². The molecule has 5 aromatic rings. The van der Waals surface area contributed by atoms with Gasteiger partial charge in [-0.3, -0.25) is 14.0 Å². The third-order valence-corrected chi connectivity index (χ3v) is 7.83. The highest BCUT2D eigenvalue weighted by Gasteiger charge is 2.23. The van der Waals surface area contributed by atoms with Crippen molar-refractivity contribution in [3.8, 4) is 0 Å². The Hall–Kier alpha value is -3.54. The zero-order chi connectivity index (χ0) is 23.8. The van der Waals surface area contributed by atoms with Crippen LogP contribution in [0.2, 0.25) is 0 Å². The number of aromatic nitrogens is 3. The molecule has 0 aliphatic carbocycles. The summed E-state index contributed by atoms with van der Waals surface area (Å²) in [6.07, 6.45) is 1.72. The second kappa shape index (κ2) is 9.25. The molecule has 6 rings (SSSR count). The molecule has 0 bridgehead atoms. The minimum atomic E-state index is -0.390. The number of nitrogens with zero attached hydrogens (tertiary/aromatic N) is 4. The molecule has 1 aliphatic rings. The predicted octanol–water partition coefficient (Wildman–Crippen LogP) is 3.20. The van der Waals surface area contributed by atoms with Crippen LogP contribution in [-0.4, -0.2) is 59.7 Å². The molecule has 1 saturated heterocycles. The number of carbonyl (C=O) groups excluding carboxylic acids is 1. The number of thiazole rings is 2. The number of rotatable bonds is 6. The number of morpholine rings is 1. The van der Waals surface area contributed by atoms with Gasteiger partial charge in [-0.2, -0.15) is 0 Å². The Kier molecular flexibility index (Phi) is 5.80. The molecule has 1 amide bonds. The van der Waals surface area contributed by atoms with Gasteiger partial charge in [-0.15, -0.1) is 22.7 Å². The molecule has 0 saturated carbocycles. The first-order valence-corrected chi connectivity index (χ1v) is 13.0. The van der Waals surface area contributed by atoms with E-state index in [-0.39, 0.29) is 16.9 Å². The summed E-state index contributed by atoms with van der Waals surface area (Å²) in [5, 5.41) is 9.15. The van der Waals surface area contributed by atoms with Crippen LogP contribution >= 0.6 is 22.7 Å². The molecule has 4 aromatic heterocycles. The van der Waals surface area contributed by atoms with E-state index in [0.717, 1.165) is 34.3 Å². The van der Waals surface area contributed by atoms with E-state index in [2.05, 4.69) is 20.5 Å². The summed E-state index contributed by atoms with van der Waals surface area (Å²) in [7, 11) is 0. The maximum Gasteiger partial charge on any atom is 0.258 e. The molecule has 1 aliphatic heterocycles. The van der Waals surface area contributed by atoms with Crippen LogP contribution in [-0.2, 0) is 4.74 Å². The first kappa shape index (κ1) is 22.0. The minimum Gasteiger partial charge on any atom is -0.378 e. The number of para-hydroxylation sites is 1. The summed E-state index contributed by atoms with van der Waals surface area (Å²) in [4.78, 5) is 38.7. The molecular formula is C24H22N6O3S2. The molecule has 0 spiro atoms. The Morgan fingerprint density at radius 3 is 2.80 bits per heavy atom. The fourth-order valence-electron chi connectivity index (χ4n) is 4.29. The molecule has 5 heterocycles. The Morgan fingerprint density at radius 1 is 1.11 bits per heavy atom. The van der Waals surface area contributed by atoms with Crippen molar-refractivity contribution >= 4 is 65.6 Å². The van der Waals surface area contributed by atoms with Gasteiger partial charge in [0.2, 0.25) is 5.43 Å². The summed E-state index contributed by atoms with van der Waals surface area (Å²) < 4.78 is 8.40. The van der Waals surface area contributed by atoms with Crippen molar-refractivity contribution in [2.45, 2.75) is 0 Å². The minimum absolute atomic E-state index is 0.147. The Morgan fingerprint density at radius 2 is 1.97 bits per heavy atom. The van der Waals surface area contributed by atoms with Crippen molar-refractivity contribution in [3.05, 3.63) is 63.8 Å². The molecule has 11 heteroatoms. The van der Waals surface area contributed by atoms with Gasteiger partial charge in [-0.25, -0.2) is 9.97 Å². The van der Waals surface area contributed by atoms with Crippen molar-refractivity contribution < 1.29 is 9.53 Å². The number of carbonyl (C=O) groups is 1. The first-order chi connectivity index (χ1) is 17.2. The number of pyridine rings is 2. The molecule has 2 N–H and O–H groups in total. The number of anilines is 2. The van der Waals surface area contributed by atoms with E-state index < -0.39 is 0 Å². The fourth-order valence-corrected chi connectivity index (χ4v) is 6.03. The molecular weight excluding hydrogens is 484 g/mol. The van der Waals surface area contributed by atoms with Crippen LogP contribution in [0, 0.1) is 0 Å². The Labute approximate surface area is 208 Å². The topological polar surface area (TPSA) is 101 Å². The van der Waals surface area contributed by atoms with Crippen LogP contribution < -0.4 is 21.0 Å². The number of ether oxygens (including phenoxy) is 1. The van der Waals surface area contributed by atoms with Gasteiger partial charge in [-0.05, 0) is 24.3 Å². The number of nitrogens with one attached hydrogen (secondary N) is 2. The van der Waals surface area contributed by atoms with Gasteiger partial charge in [0.25, 0.3) is 5.91 Å². The molecule has 178 valence electrons. The second-order valence-corrected chi connectivity index (χ2v) is 10.00. The third-order valence-electron chi connectivity index (χ3n) is 5.95.